The lowest BCUT2D eigenvalue weighted by Gasteiger charge is -2.32. The van der Waals surface area contributed by atoms with Gasteiger partial charge in [-0.1, -0.05) is 18.2 Å². The molecule has 0 unspecified atom stereocenters. The smallest absolute Gasteiger partial charge is 0.338 e. The van der Waals surface area contributed by atoms with Crippen molar-refractivity contribution in [3.8, 4) is 0 Å². The summed E-state index contributed by atoms with van der Waals surface area (Å²) in [5, 5.41) is 0. The Morgan fingerprint density at radius 1 is 1.21 bits per heavy atom. The van der Waals surface area contributed by atoms with Gasteiger partial charge in [0.1, 0.15) is 6.10 Å². The van der Waals surface area contributed by atoms with Crippen LogP contribution in [0.2, 0.25) is 0 Å². The van der Waals surface area contributed by atoms with Crippen molar-refractivity contribution in [1.82, 2.24) is 4.90 Å². The van der Waals surface area contributed by atoms with Crippen molar-refractivity contribution in [3.63, 3.8) is 0 Å². The molecule has 1 aromatic carbocycles. The van der Waals surface area contributed by atoms with Crippen LogP contribution in [0.25, 0.3) is 0 Å². The minimum atomic E-state index is -2.54. The van der Waals surface area contributed by atoms with Gasteiger partial charge >= 0.3 is 5.97 Å². The van der Waals surface area contributed by atoms with Gasteiger partial charge in [0.2, 0.25) is 5.91 Å². The Morgan fingerprint density at radius 3 is 2.62 bits per heavy atom. The predicted octanol–water partition coefficient (Wildman–Crippen LogP) is 1.70. The fourth-order valence-corrected chi connectivity index (χ4v) is 3.59. The zero-order valence-corrected chi connectivity index (χ0v) is 15.9. The van der Waals surface area contributed by atoms with Crippen molar-refractivity contribution in [1.29, 1.82) is 0 Å². The molecule has 2 saturated heterocycles. The lowest BCUT2D eigenvalue weighted by atomic mass is 10.1. The van der Waals surface area contributed by atoms with Crippen LogP contribution < -0.4 is 0 Å². The molecule has 0 aromatic heterocycles. The van der Waals surface area contributed by atoms with E-state index >= 15 is 4.39 Å². The number of allylic oxidation sites excluding steroid dienone is 1. The van der Waals surface area contributed by atoms with Crippen LogP contribution in [0, 0.1) is 0 Å². The van der Waals surface area contributed by atoms with Gasteiger partial charge in [-0.3, -0.25) is 14.5 Å². The summed E-state index contributed by atoms with van der Waals surface area (Å²) in [6, 6.07) is 8.14. The maximum Gasteiger partial charge on any atom is 0.338 e. The van der Waals surface area contributed by atoms with Gasteiger partial charge < -0.3 is 18.9 Å². The number of nitrogens with zero attached hydrogens (tertiary/aromatic N) is 1. The van der Waals surface area contributed by atoms with Crippen LogP contribution in [-0.4, -0.2) is 59.2 Å². The lowest BCUT2D eigenvalue weighted by Crippen LogP contribution is -2.46. The van der Waals surface area contributed by atoms with Crippen molar-refractivity contribution in [2.75, 3.05) is 6.61 Å². The average molecular weight is 405 g/mol. The number of hydrogen-bond donors (Lipinski definition) is 0. The molecule has 1 aromatic rings. The monoisotopic (exact) mass is 405 g/mol. The average Bonchev–Trinajstić information content (AvgIpc) is 3.13. The maximum absolute atomic E-state index is 15.8. The summed E-state index contributed by atoms with van der Waals surface area (Å²) in [6.07, 6.45) is -1.25. The number of hydrogen-bond acceptors (Lipinski definition) is 7. The quantitative estimate of drug-likeness (QED) is 0.556. The van der Waals surface area contributed by atoms with Crippen LogP contribution in [0.3, 0.4) is 0 Å². The van der Waals surface area contributed by atoms with Gasteiger partial charge in [0.15, 0.2) is 30.5 Å². The summed E-state index contributed by atoms with van der Waals surface area (Å²) >= 11 is 0. The number of alkyl halides is 1. The first-order chi connectivity index (χ1) is 13.7. The molecule has 3 aliphatic heterocycles. The molecular weight excluding hydrogens is 385 g/mol. The van der Waals surface area contributed by atoms with E-state index in [4.69, 9.17) is 18.9 Å². The molecule has 0 aliphatic carbocycles. The van der Waals surface area contributed by atoms with Gasteiger partial charge in [-0.15, -0.1) is 0 Å². The number of rotatable bonds is 4. The van der Waals surface area contributed by atoms with E-state index < -0.39 is 48.6 Å². The molecule has 2 fully saturated rings. The van der Waals surface area contributed by atoms with E-state index in [1.165, 1.54) is 12.3 Å². The van der Waals surface area contributed by atoms with E-state index in [0.29, 0.717) is 0 Å². The van der Waals surface area contributed by atoms with E-state index in [1.807, 2.05) is 0 Å². The number of ketones is 1. The van der Waals surface area contributed by atoms with Crippen molar-refractivity contribution in [2.45, 2.75) is 50.3 Å². The second kappa shape index (κ2) is 7.01. The van der Waals surface area contributed by atoms with Crippen LogP contribution in [0.5, 0.6) is 0 Å². The summed E-state index contributed by atoms with van der Waals surface area (Å²) < 4.78 is 37.8. The highest BCUT2D eigenvalue weighted by Gasteiger charge is 2.66. The third-order valence-electron chi connectivity index (χ3n) is 4.87. The molecule has 0 bridgehead atoms. The third kappa shape index (κ3) is 3.68. The summed E-state index contributed by atoms with van der Waals surface area (Å²) in [5.41, 5.74) is 0.263. The number of fused-ring (bicyclic) bond motifs is 1. The molecule has 0 radical (unpaired) electrons. The fourth-order valence-electron chi connectivity index (χ4n) is 3.59. The standard InChI is InChI=1S/C20H20FNO7/c1-19(2)27-15-16(28-19)20(21,11-26-18(25)12-6-4-3-5-7-12)29-17(15)22-9-8-13(23)10-14(22)24/h3-9,15-17H,10-11H2,1-2H3/t15-,16+,17-,20-/m1/s1. The van der Waals surface area contributed by atoms with E-state index in [1.54, 1.807) is 44.2 Å². The largest absolute Gasteiger partial charge is 0.456 e. The fraction of sp³-hybridized carbons (Fsp3) is 0.450. The van der Waals surface area contributed by atoms with Crippen molar-refractivity contribution >= 4 is 17.7 Å². The lowest BCUT2D eigenvalue weighted by molar-refractivity contribution is -0.267. The van der Waals surface area contributed by atoms with Gasteiger partial charge in [-0.05, 0) is 32.1 Å². The first-order valence-electron chi connectivity index (χ1n) is 9.15. The Morgan fingerprint density at radius 2 is 1.93 bits per heavy atom. The highest BCUT2D eigenvalue weighted by molar-refractivity contribution is 6.06. The van der Waals surface area contributed by atoms with Crippen LogP contribution >= 0.6 is 0 Å². The van der Waals surface area contributed by atoms with Gasteiger partial charge in [-0.2, -0.15) is 0 Å². The van der Waals surface area contributed by atoms with Gasteiger partial charge in [0.25, 0.3) is 5.85 Å². The maximum atomic E-state index is 15.8. The van der Waals surface area contributed by atoms with Gasteiger partial charge in [0.05, 0.1) is 12.0 Å². The number of amides is 1. The van der Waals surface area contributed by atoms with E-state index in [-0.39, 0.29) is 17.8 Å². The first-order valence-corrected chi connectivity index (χ1v) is 9.15. The summed E-state index contributed by atoms with van der Waals surface area (Å²) in [6.45, 7) is 2.47. The third-order valence-corrected chi connectivity index (χ3v) is 4.87. The number of esters is 1. The minimum absolute atomic E-state index is 0.263. The molecule has 3 aliphatic rings. The highest BCUT2D eigenvalue weighted by Crippen LogP contribution is 2.46. The Bertz CT molecular complexity index is 871. The van der Waals surface area contributed by atoms with Crippen LogP contribution in [0.4, 0.5) is 4.39 Å². The molecule has 29 heavy (non-hydrogen) atoms. The van der Waals surface area contributed by atoms with Crippen molar-refractivity contribution in [3.05, 3.63) is 48.2 Å². The Labute approximate surface area is 166 Å². The number of carbonyl (C=O) groups is 3. The molecule has 0 N–H and O–H groups in total. The molecule has 8 nitrogen and oxygen atoms in total. The predicted molar refractivity (Wildman–Crippen MR) is 94.9 cm³/mol. The van der Waals surface area contributed by atoms with Crippen LogP contribution in [-0.2, 0) is 28.5 Å². The SMILES string of the molecule is CC1(C)O[C@H]2[C@H](N3C=CC(=O)CC3=O)O[C@](F)(COC(=O)c3ccccc3)[C@H]2O1. The molecule has 0 spiro atoms. The second-order valence-corrected chi connectivity index (χ2v) is 7.52. The molecule has 154 valence electrons. The van der Waals surface area contributed by atoms with Crippen molar-refractivity contribution < 1.29 is 37.7 Å². The summed E-state index contributed by atoms with van der Waals surface area (Å²) in [5.74, 6) is -5.28. The highest BCUT2D eigenvalue weighted by atomic mass is 19.2. The molecule has 4 atom stereocenters. The van der Waals surface area contributed by atoms with E-state index in [0.717, 1.165) is 4.90 Å². The zero-order chi connectivity index (χ0) is 20.8. The van der Waals surface area contributed by atoms with Gasteiger partial charge in [0, 0.05) is 6.20 Å². The molecule has 0 saturated carbocycles. The normalized spacial score (nSPS) is 33.1. The minimum Gasteiger partial charge on any atom is -0.456 e. The topological polar surface area (TPSA) is 91.4 Å². The second-order valence-electron chi connectivity index (χ2n) is 7.52. The number of carbonyl (C=O) groups excluding carboxylic acids is 3. The Balaban J connectivity index is 1.55. The molecular formula is C20H20FNO7. The molecule has 4 rings (SSSR count). The van der Waals surface area contributed by atoms with Gasteiger partial charge in [-0.25, -0.2) is 9.18 Å². The van der Waals surface area contributed by atoms with Crippen molar-refractivity contribution in [2.24, 2.45) is 0 Å². The van der Waals surface area contributed by atoms with E-state index in [9.17, 15) is 14.4 Å². The van der Waals surface area contributed by atoms with E-state index in [2.05, 4.69) is 0 Å². The van der Waals surface area contributed by atoms with Crippen LogP contribution in [0.1, 0.15) is 30.6 Å². The molecule has 3 heterocycles. The first kappa shape index (κ1) is 19.7. The summed E-state index contributed by atoms with van der Waals surface area (Å²) in [7, 11) is 0. The number of ether oxygens (including phenoxy) is 4. The summed E-state index contributed by atoms with van der Waals surface area (Å²) in [4.78, 5) is 37.0. The number of benzene rings is 1. The Hall–Kier alpha value is -2.62. The molecule has 9 heteroatoms. The zero-order valence-electron chi connectivity index (χ0n) is 15.9. The number of halogens is 1. The van der Waals surface area contributed by atoms with Crippen LogP contribution in [0.15, 0.2) is 42.6 Å². The molecule has 1 amide bonds. The Kier molecular flexibility index (Phi) is 4.76.